The first-order valence-electron chi connectivity index (χ1n) is 8.46. The van der Waals surface area contributed by atoms with Crippen LogP contribution in [-0.4, -0.2) is 67.5 Å². The Balaban J connectivity index is 1.60. The van der Waals surface area contributed by atoms with Gasteiger partial charge in [-0.25, -0.2) is 0 Å². The number of benzene rings is 2. The summed E-state index contributed by atoms with van der Waals surface area (Å²) in [7, 11) is 0. The lowest BCUT2D eigenvalue weighted by Crippen LogP contribution is -2.41. The van der Waals surface area contributed by atoms with Gasteiger partial charge < -0.3 is 9.84 Å². The van der Waals surface area contributed by atoms with E-state index in [9.17, 15) is 5.11 Å². The first-order chi connectivity index (χ1) is 11.3. The first-order valence-corrected chi connectivity index (χ1v) is 8.46. The molecule has 1 aliphatic heterocycles. The average Bonchev–Trinajstić information content (AvgIpc) is 2.61. The molecule has 0 atom stereocenters. The van der Waals surface area contributed by atoms with E-state index < -0.39 is 0 Å². The standard InChI is InChI=1S/C19H26N2O2/c22-12-9-21(8-7-20-10-13-23-14-11-20)16-17-5-6-18-3-1-2-4-19(18)15-17/h1-6,15,22H,7-14,16H2. The lowest BCUT2D eigenvalue weighted by Gasteiger charge is -2.29. The van der Waals surface area contributed by atoms with Gasteiger partial charge in [0.25, 0.3) is 0 Å². The van der Waals surface area contributed by atoms with Gasteiger partial charge in [-0.2, -0.15) is 0 Å². The Labute approximate surface area is 138 Å². The van der Waals surface area contributed by atoms with E-state index in [1.807, 2.05) is 0 Å². The van der Waals surface area contributed by atoms with Crippen molar-refractivity contribution in [2.24, 2.45) is 0 Å². The minimum atomic E-state index is 0.205. The average molecular weight is 314 g/mol. The summed E-state index contributed by atoms with van der Waals surface area (Å²) in [6, 6.07) is 15.1. The van der Waals surface area contributed by atoms with Crippen molar-refractivity contribution >= 4 is 10.8 Å². The molecule has 0 aromatic heterocycles. The number of hydrogen-bond donors (Lipinski definition) is 1. The van der Waals surface area contributed by atoms with Crippen LogP contribution >= 0.6 is 0 Å². The van der Waals surface area contributed by atoms with Crippen molar-refractivity contribution in [2.45, 2.75) is 6.54 Å². The van der Waals surface area contributed by atoms with Crippen molar-refractivity contribution in [1.29, 1.82) is 0 Å². The number of ether oxygens (including phenoxy) is 1. The van der Waals surface area contributed by atoms with E-state index in [0.29, 0.717) is 0 Å². The number of aliphatic hydroxyl groups excluding tert-OH is 1. The third-order valence-electron chi connectivity index (χ3n) is 4.47. The van der Waals surface area contributed by atoms with E-state index in [1.165, 1.54) is 16.3 Å². The van der Waals surface area contributed by atoms with E-state index in [0.717, 1.165) is 52.5 Å². The highest BCUT2D eigenvalue weighted by molar-refractivity contribution is 5.82. The molecule has 2 aromatic carbocycles. The molecule has 0 spiro atoms. The van der Waals surface area contributed by atoms with Gasteiger partial charge in [0.1, 0.15) is 0 Å². The van der Waals surface area contributed by atoms with Gasteiger partial charge in [0, 0.05) is 39.3 Å². The molecule has 1 fully saturated rings. The lowest BCUT2D eigenvalue weighted by molar-refractivity contribution is 0.0320. The summed E-state index contributed by atoms with van der Waals surface area (Å²) in [6.45, 7) is 7.54. The minimum Gasteiger partial charge on any atom is -0.395 e. The molecule has 0 bridgehead atoms. The van der Waals surface area contributed by atoms with Gasteiger partial charge in [0.05, 0.1) is 19.8 Å². The van der Waals surface area contributed by atoms with E-state index in [2.05, 4.69) is 52.3 Å². The predicted octanol–water partition coefficient (Wildman–Crippen LogP) is 1.97. The highest BCUT2D eigenvalue weighted by Gasteiger charge is 2.12. The molecule has 0 unspecified atom stereocenters. The molecule has 0 amide bonds. The van der Waals surface area contributed by atoms with E-state index in [-0.39, 0.29) is 6.61 Å². The maximum atomic E-state index is 9.35. The Morgan fingerprint density at radius 3 is 2.57 bits per heavy atom. The zero-order valence-electron chi connectivity index (χ0n) is 13.7. The molecular weight excluding hydrogens is 288 g/mol. The Kier molecular flexibility index (Phi) is 6.00. The molecule has 124 valence electrons. The Morgan fingerprint density at radius 1 is 1.00 bits per heavy atom. The quantitative estimate of drug-likeness (QED) is 0.847. The predicted molar refractivity (Wildman–Crippen MR) is 93.6 cm³/mol. The van der Waals surface area contributed by atoms with Crippen molar-refractivity contribution in [2.75, 3.05) is 52.5 Å². The number of hydrogen-bond acceptors (Lipinski definition) is 4. The normalized spacial score (nSPS) is 16.3. The molecule has 4 heteroatoms. The molecular formula is C19H26N2O2. The van der Waals surface area contributed by atoms with E-state index in [1.54, 1.807) is 0 Å². The number of rotatable bonds is 7. The lowest BCUT2D eigenvalue weighted by atomic mass is 10.1. The summed E-state index contributed by atoms with van der Waals surface area (Å²) >= 11 is 0. The monoisotopic (exact) mass is 314 g/mol. The van der Waals surface area contributed by atoms with Crippen LogP contribution in [0.25, 0.3) is 10.8 Å². The van der Waals surface area contributed by atoms with Crippen LogP contribution in [0, 0.1) is 0 Å². The van der Waals surface area contributed by atoms with Crippen LogP contribution in [0.1, 0.15) is 5.56 Å². The van der Waals surface area contributed by atoms with Gasteiger partial charge in [-0.15, -0.1) is 0 Å². The Morgan fingerprint density at radius 2 is 1.78 bits per heavy atom. The maximum absolute atomic E-state index is 9.35. The summed E-state index contributed by atoms with van der Waals surface area (Å²) in [5.74, 6) is 0. The van der Waals surface area contributed by atoms with Crippen molar-refractivity contribution in [3.05, 3.63) is 48.0 Å². The SMILES string of the molecule is OCCN(CCN1CCOCC1)Cc1ccc2ccccc2c1. The Bertz CT molecular complexity index is 611. The first kappa shape index (κ1) is 16.4. The molecule has 1 N–H and O–H groups in total. The van der Waals surface area contributed by atoms with E-state index >= 15 is 0 Å². The molecule has 3 rings (SSSR count). The van der Waals surface area contributed by atoms with Crippen LogP contribution in [0.5, 0.6) is 0 Å². The summed E-state index contributed by atoms with van der Waals surface area (Å²) in [5, 5.41) is 11.9. The topological polar surface area (TPSA) is 35.9 Å². The third-order valence-corrected chi connectivity index (χ3v) is 4.47. The zero-order chi connectivity index (χ0) is 15.9. The number of fused-ring (bicyclic) bond motifs is 1. The van der Waals surface area contributed by atoms with Gasteiger partial charge in [0.15, 0.2) is 0 Å². The van der Waals surface area contributed by atoms with Crippen molar-refractivity contribution in [3.63, 3.8) is 0 Å². The van der Waals surface area contributed by atoms with Crippen LogP contribution < -0.4 is 0 Å². The van der Waals surface area contributed by atoms with Crippen molar-refractivity contribution in [3.8, 4) is 0 Å². The fourth-order valence-corrected chi connectivity index (χ4v) is 3.11. The fourth-order valence-electron chi connectivity index (χ4n) is 3.11. The molecule has 4 nitrogen and oxygen atoms in total. The van der Waals surface area contributed by atoms with Gasteiger partial charge >= 0.3 is 0 Å². The van der Waals surface area contributed by atoms with Crippen LogP contribution in [-0.2, 0) is 11.3 Å². The minimum absolute atomic E-state index is 0.205. The van der Waals surface area contributed by atoms with Crippen molar-refractivity contribution in [1.82, 2.24) is 9.80 Å². The highest BCUT2D eigenvalue weighted by atomic mass is 16.5. The number of aliphatic hydroxyl groups is 1. The van der Waals surface area contributed by atoms with Gasteiger partial charge in [0.2, 0.25) is 0 Å². The highest BCUT2D eigenvalue weighted by Crippen LogP contribution is 2.16. The molecule has 23 heavy (non-hydrogen) atoms. The van der Waals surface area contributed by atoms with Crippen LogP contribution in [0.3, 0.4) is 0 Å². The number of nitrogens with zero attached hydrogens (tertiary/aromatic N) is 2. The van der Waals surface area contributed by atoms with Gasteiger partial charge in [-0.05, 0) is 22.4 Å². The molecule has 0 aliphatic carbocycles. The molecule has 2 aromatic rings. The molecule has 1 saturated heterocycles. The maximum Gasteiger partial charge on any atom is 0.0594 e. The van der Waals surface area contributed by atoms with Gasteiger partial charge in [-0.1, -0.05) is 36.4 Å². The van der Waals surface area contributed by atoms with Crippen LogP contribution in [0.2, 0.25) is 0 Å². The second-order valence-corrected chi connectivity index (χ2v) is 6.14. The molecule has 1 aliphatic rings. The summed E-state index contributed by atoms with van der Waals surface area (Å²) in [6.07, 6.45) is 0. The van der Waals surface area contributed by atoms with E-state index in [4.69, 9.17) is 4.74 Å². The van der Waals surface area contributed by atoms with Gasteiger partial charge in [-0.3, -0.25) is 9.80 Å². The smallest absolute Gasteiger partial charge is 0.0594 e. The second kappa shape index (κ2) is 8.41. The summed E-state index contributed by atoms with van der Waals surface area (Å²) in [4.78, 5) is 4.77. The largest absolute Gasteiger partial charge is 0.395 e. The van der Waals surface area contributed by atoms with Crippen LogP contribution in [0.15, 0.2) is 42.5 Å². The molecule has 0 saturated carbocycles. The third kappa shape index (κ3) is 4.75. The summed E-state index contributed by atoms with van der Waals surface area (Å²) < 4.78 is 5.40. The van der Waals surface area contributed by atoms with Crippen LogP contribution in [0.4, 0.5) is 0 Å². The Hall–Kier alpha value is -1.46. The zero-order valence-corrected chi connectivity index (χ0v) is 13.7. The summed E-state index contributed by atoms with van der Waals surface area (Å²) in [5.41, 5.74) is 1.30. The molecule has 1 heterocycles. The fraction of sp³-hybridized carbons (Fsp3) is 0.474. The number of morpholine rings is 1. The second-order valence-electron chi connectivity index (χ2n) is 6.14. The van der Waals surface area contributed by atoms with Crippen molar-refractivity contribution < 1.29 is 9.84 Å². The molecule has 0 radical (unpaired) electrons.